The van der Waals surface area contributed by atoms with Crippen molar-refractivity contribution in [2.75, 3.05) is 27.8 Å². The minimum Gasteiger partial charge on any atom is -0.497 e. The van der Waals surface area contributed by atoms with Gasteiger partial charge in [0.15, 0.2) is 0 Å². The molecule has 1 aromatic carbocycles. The number of nitrogens with zero attached hydrogens (tertiary/aromatic N) is 1. The molecular formula is C17H27N3O4. The quantitative estimate of drug-likeness (QED) is 0.730. The Morgan fingerprint density at radius 3 is 2.46 bits per heavy atom. The number of nitrogens with one attached hydrogen (secondary N) is 1. The van der Waals surface area contributed by atoms with E-state index in [-0.39, 0.29) is 24.3 Å². The van der Waals surface area contributed by atoms with E-state index in [4.69, 9.17) is 15.2 Å². The van der Waals surface area contributed by atoms with E-state index >= 15 is 0 Å². The third-order valence-electron chi connectivity index (χ3n) is 3.76. The maximum Gasteiger partial charge on any atom is 0.242 e. The van der Waals surface area contributed by atoms with Gasteiger partial charge in [-0.3, -0.25) is 9.59 Å². The number of methoxy groups -OCH3 is 2. The van der Waals surface area contributed by atoms with Gasteiger partial charge >= 0.3 is 0 Å². The number of hydrogen-bond acceptors (Lipinski definition) is 5. The molecule has 2 amide bonds. The van der Waals surface area contributed by atoms with Crippen LogP contribution >= 0.6 is 0 Å². The number of hydrogen-bond donors (Lipinski definition) is 2. The van der Waals surface area contributed by atoms with Gasteiger partial charge < -0.3 is 25.4 Å². The summed E-state index contributed by atoms with van der Waals surface area (Å²) in [6.07, 6.45) is 0. The number of likely N-dealkylation sites (N-methyl/N-ethyl adjacent to an activating group) is 1. The summed E-state index contributed by atoms with van der Waals surface area (Å²) in [5, 5.41) is 2.57. The molecule has 0 heterocycles. The highest BCUT2D eigenvalue weighted by atomic mass is 16.5. The average Bonchev–Trinajstić information content (AvgIpc) is 2.58. The number of nitrogens with two attached hydrogens (primary N) is 1. The number of amides is 2. The van der Waals surface area contributed by atoms with Crippen LogP contribution in [-0.2, 0) is 16.1 Å². The zero-order valence-corrected chi connectivity index (χ0v) is 15.0. The van der Waals surface area contributed by atoms with Crippen LogP contribution in [0.1, 0.15) is 19.4 Å². The third kappa shape index (κ3) is 5.42. The highest BCUT2D eigenvalue weighted by molar-refractivity contribution is 5.87. The van der Waals surface area contributed by atoms with E-state index in [0.717, 1.165) is 5.56 Å². The second-order valence-corrected chi connectivity index (χ2v) is 5.92. The Balaban J connectivity index is 2.63. The molecule has 3 N–H and O–H groups in total. The van der Waals surface area contributed by atoms with Crippen LogP contribution in [-0.4, -0.2) is 50.6 Å². The zero-order chi connectivity index (χ0) is 18.3. The highest BCUT2D eigenvalue weighted by Gasteiger charge is 2.19. The van der Waals surface area contributed by atoms with Gasteiger partial charge in [0.25, 0.3) is 0 Å². The molecule has 134 valence electrons. The SMILES string of the molecule is COc1ccc(CN(C)C(=O)CNC(=O)[C@@H](N)C(C)C)c(OC)c1. The first-order valence-corrected chi connectivity index (χ1v) is 7.78. The predicted molar refractivity (Wildman–Crippen MR) is 91.8 cm³/mol. The van der Waals surface area contributed by atoms with Gasteiger partial charge in [-0.15, -0.1) is 0 Å². The van der Waals surface area contributed by atoms with Crippen LogP contribution in [0.15, 0.2) is 18.2 Å². The smallest absolute Gasteiger partial charge is 0.242 e. The number of carbonyl (C=O) groups excluding carboxylic acids is 2. The first-order chi connectivity index (χ1) is 11.3. The van der Waals surface area contributed by atoms with Crippen LogP contribution < -0.4 is 20.5 Å². The summed E-state index contributed by atoms with van der Waals surface area (Å²) >= 11 is 0. The van der Waals surface area contributed by atoms with Gasteiger partial charge in [-0.2, -0.15) is 0 Å². The molecule has 0 spiro atoms. The zero-order valence-electron chi connectivity index (χ0n) is 15.0. The lowest BCUT2D eigenvalue weighted by Crippen LogP contribution is -2.47. The molecular weight excluding hydrogens is 310 g/mol. The molecule has 0 aliphatic rings. The highest BCUT2D eigenvalue weighted by Crippen LogP contribution is 2.25. The lowest BCUT2D eigenvalue weighted by Gasteiger charge is -2.20. The Labute approximate surface area is 143 Å². The van der Waals surface area contributed by atoms with Crippen molar-refractivity contribution in [2.24, 2.45) is 11.7 Å². The normalized spacial score (nSPS) is 11.8. The Morgan fingerprint density at radius 1 is 1.25 bits per heavy atom. The van der Waals surface area contributed by atoms with Crippen LogP contribution in [0.25, 0.3) is 0 Å². The van der Waals surface area contributed by atoms with Crippen molar-refractivity contribution in [3.05, 3.63) is 23.8 Å². The van der Waals surface area contributed by atoms with Crippen LogP contribution in [0.4, 0.5) is 0 Å². The van der Waals surface area contributed by atoms with Gasteiger partial charge in [-0.25, -0.2) is 0 Å². The fourth-order valence-corrected chi connectivity index (χ4v) is 2.04. The maximum absolute atomic E-state index is 12.2. The number of ether oxygens (including phenoxy) is 2. The summed E-state index contributed by atoms with van der Waals surface area (Å²) < 4.78 is 10.5. The van der Waals surface area contributed by atoms with Crippen LogP contribution in [0.5, 0.6) is 11.5 Å². The average molecular weight is 337 g/mol. The monoisotopic (exact) mass is 337 g/mol. The van der Waals surface area contributed by atoms with Gasteiger partial charge in [0, 0.05) is 25.2 Å². The molecule has 0 aliphatic carbocycles. The largest absolute Gasteiger partial charge is 0.497 e. The van der Waals surface area contributed by atoms with Gasteiger partial charge in [0.1, 0.15) is 11.5 Å². The molecule has 24 heavy (non-hydrogen) atoms. The first kappa shape index (κ1) is 19.8. The number of benzene rings is 1. The summed E-state index contributed by atoms with van der Waals surface area (Å²) in [6.45, 7) is 3.98. The lowest BCUT2D eigenvalue weighted by atomic mass is 10.1. The molecule has 1 aromatic rings. The van der Waals surface area contributed by atoms with Crippen LogP contribution in [0.2, 0.25) is 0 Å². The van der Waals surface area contributed by atoms with Crippen molar-refractivity contribution in [2.45, 2.75) is 26.4 Å². The summed E-state index contributed by atoms with van der Waals surface area (Å²) in [5.74, 6) is 0.798. The van der Waals surface area contributed by atoms with E-state index in [0.29, 0.717) is 18.0 Å². The van der Waals surface area contributed by atoms with Crippen LogP contribution in [0.3, 0.4) is 0 Å². The Kier molecular flexibility index (Phi) is 7.51. The van der Waals surface area contributed by atoms with E-state index in [1.54, 1.807) is 33.4 Å². The van der Waals surface area contributed by atoms with Crippen molar-refractivity contribution in [1.29, 1.82) is 0 Å². The second kappa shape index (κ2) is 9.12. The lowest BCUT2D eigenvalue weighted by molar-refractivity contribution is -0.132. The van der Waals surface area contributed by atoms with E-state index in [2.05, 4.69) is 5.32 Å². The fraction of sp³-hybridized carbons (Fsp3) is 0.529. The first-order valence-electron chi connectivity index (χ1n) is 7.78. The molecule has 0 saturated heterocycles. The van der Waals surface area contributed by atoms with Crippen molar-refractivity contribution in [1.82, 2.24) is 10.2 Å². The Bertz CT molecular complexity index is 575. The predicted octanol–water partition coefficient (Wildman–Crippen LogP) is 0.762. The summed E-state index contributed by atoms with van der Waals surface area (Å²) in [5.41, 5.74) is 6.59. The molecule has 7 nitrogen and oxygen atoms in total. The molecule has 0 bridgehead atoms. The molecule has 0 aromatic heterocycles. The second-order valence-electron chi connectivity index (χ2n) is 5.92. The van der Waals surface area contributed by atoms with E-state index in [1.807, 2.05) is 19.9 Å². The number of rotatable bonds is 8. The topological polar surface area (TPSA) is 93.9 Å². The molecule has 7 heteroatoms. The molecule has 1 atom stereocenters. The molecule has 0 aliphatic heterocycles. The van der Waals surface area contributed by atoms with Crippen molar-refractivity contribution < 1.29 is 19.1 Å². The Morgan fingerprint density at radius 2 is 1.92 bits per heavy atom. The molecule has 0 saturated carbocycles. The van der Waals surface area contributed by atoms with Gasteiger partial charge in [-0.1, -0.05) is 13.8 Å². The molecule has 0 unspecified atom stereocenters. The van der Waals surface area contributed by atoms with Gasteiger partial charge in [-0.05, 0) is 18.1 Å². The Hall–Kier alpha value is -2.28. The summed E-state index contributed by atoms with van der Waals surface area (Å²) in [7, 11) is 4.81. The van der Waals surface area contributed by atoms with Gasteiger partial charge in [0.2, 0.25) is 11.8 Å². The summed E-state index contributed by atoms with van der Waals surface area (Å²) in [6, 6.07) is 4.79. The molecule has 0 fully saturated rings. The van der Waals surface area contributed by atoms with E-state index in [1.165, 1.54) is 4.90 Å². The van der Waals surface area contributed by atoms with Crippen LogP contribution in [0, 0.1) is 5.92 Å². The standard InChI is InChI=1S/C17H27N3O4/c1-11(2)16(18)17(22)19-9-15(21)20(3)10-12-6-7-13(23-4)8-14(12)24-5/h6-8,11,16H,9-10,18H2,1-5H3,(H,19,22)/t16-/m0/s1. The fourth-order valence-electron chi connectivity index (χ4n) is 2.04. The van der Waals surface area contributed by atoms with Gasteiger partial charge in [0.05, 0.1) is 26.8 Å². The maximum atomic E-state index is 12.2. The minimum atomic E-state index is -0.621. The number of carbonyl (C=O) groups is 2. The molecule has 0 radical (unpaired) electrons. The third-order valence-corrected chi connectivity index (χ3v) is 3.76. The van der Waals surface area contributed by atoms with E-state index in [9.17, 15) is 9.59 Å². The van der Waals surface area contributed by atoms with Crippen molar-refractivity contribution >= 4 is 11.8 Å². The minimum absolute atomic E-state index is 0.0152. The van der Waals surface area contributed by atoms with Crippen molar-refractivity contribution in [3.8, 4) is 11.5 Å². The molecule has 1 rings (SSSR count). The summed E-state index contributed by atoms with van der Waals surface area (Å²) in [4.78, 5) is 25.5. The van der Waals surface area contributed by atoms with Crippen molar-refractivity contribution in [3.63, 3.8) is 0 Å². The van der Waals surface area contributed by atoms with E-state index < -0.39 is 6.04 Å².